The third-order valence-electron chi connectivity index (χ3n) is 3.54. The topological polar surface area (TPSA) is 58.8 Å². The molecule has 5 heteroatoms. The number of nitrogens with zero attached hydrogens (tertiary/aromatic N) is 2. The van der Waals surface area contributed by atoms with E-state index in [1.807, 2.05) is 35.2 Å². The number of rotatable bonds is 5. The molecular formula is C15H23N3O2. The van der Waals surface area contributed by atoms with Gasteiger partial charge in [0.15, 0.2) is 0 Å². The lowest BCUT2D eigenvalue weighted by Crippen LogP contribution is -2.53. The molecule has 0 aliphatic carbocycles. The number of amides is 1. The summed E-state index contributed by atoms with van der Waals surface area (Å²) in [7, 11) is 2.06. The Kier molecular flexibility index (Phi) is 5.52. The third kappa shape index (κ3) is 4.30. The van der Waals surface area contributed by atoms with Crippen molar-refractivity contribution in [2.45, 2.75) is 12.6 Å². The smallest absolute Gasteiger partial charge is 0.241 e. The summed E-state index contributed by atoms with van der Waals surface area (Å²) in [5.41, 5.74) is 7.01. The molecule has 1 atom stereocenters. The molecule has 0 bridgehead atoms. The van der Waals surface area contributed by atoms with Crippen LogP contribution in [0.1, 0.15) is 5.56 Å². The Bertz CT molecular complexity index is 416. The van der Waals surface area contributed by atoms with Gasteiger partial charge in [-0.15, -0.1) is 0 Å². The van der Waals surface area contributed by atoms with Gasteiger partial charge in [-0.3, -0.25) is 4.79 Å². The Morgan fingerprint density at radius 2 is 1.90 bits per heavy atom. The Morgan fingerprint density at radius 1 is 1.25 bits per heavy atom. The molecule has 1 amide bonds. The second kappa shape index (κ2) is 7.38. The van der Waals surface area contributed by atoms with Crippen LogP contribution in [-0.4, -0.2) is 61.6 Å². The summed E-state index contributed by atoms with van der Waals surface area (Å²) in [5, 5.41) is 0. The number of hydrogen-bond acceptors (Lipinski definition) is 4. The summed E-state index contributed by atoms with van der Waals surface area (Å²) in [6.45, 7) is 4.07. The van der Waals surface area contributed by atoms with Crippen LogP contribution in [-0.2, 0) is 16.1 Å². The summed E-state index contributed by atoms with van der Waals surface area (Å²) in [6.07, 6.45) is 0. The monoisotopic (exact) mass is 277 g/mol. The molecule has 1 aliphatic rings. The quantitative estimate of drug-likeness (QED) is 0.841. The molecule has 5 nitrogen and oxygen atoms in total. The van der Waals surface area contributed by atoms with Crippen LogP contribution in [0.4, 0.5) is 0 Å². The lowest BCUT2D eigenvalue weighted by molar-refractivity contribution is -0.135. The molecule has 20 heavy (non-hydrogen) atoms. The van der Waals surface area contributed by atoms with Crippen molar-refractivity contribution in [1.29, 1.82) is 0 Å². The highest BCUT2D eigenvalue weighted by atomic mass is 16.5. The van der Waals surface area contributed by atoms with E-state index in [1.54, 1.807) is 0 Å². The summed E-state index contributed by atoms with van der Waals surface area (Å²) in [6, 6.07) is 9.32. The maximum atomic E-state index is 12.1. The van der Waals surface area contributed by atoms with Crippen LogP contribution in [0.15, 0.2) is 30.3 Å². The van der Waals surface area contributed by atoms with Gasteiger partial charge in [0.05, 0.1) is 13.2 Å². The molecule has 1 heterocycles. The van der Waals surface area contributed by atoms with Gasteiger partial charge in [0.2, 0.25) is 5.91 Å². The zero-order chi connectivity index (χ0) is 14.4. The highest BCUT2D eigenvalue weighted by Gasteiger charge is 2.24. The molecule has 0 saturated carbocycles. The first-order chi connectivity index (χ1) is 9.66. The normalized spacial score (nSPS) is 18.0. The van der Waals surface area contributed by atoms with Crippen molar-refractivity contribution in [3.63, 3.8) is 0 Å². The molecule has 1 aromatic carbocycles. The van der Waals surface area contributed by atoms with Crippen molar-refractivity contribution >= 4 is 5.91 Å². The first kappa shape index (κ1) is 15.0. The van der Waals surface area contributed by atoms with Crippen molar-refractivity contribution in [2.24, 2.45) is 5.73 Å². The average molecular weight is 277 g/mol. The maximum Gasteiger partial charge on any atom is 0.241 e. The maximum absolute atomic E-state index is 12.1. The van der Waals surface area contributed by atoms with E-state index in [2.05, 4.69) is 11.9 Å². The van der Waals surface area contributed by atoms with Crippen LogP contribution >= 0.6 is 0 Å². The van der Waals surface area contributed by atoms with Gasteiger partial charge in [0.1, 0.15) is 6.04 Å². The fraction of sp³-hybridized carbons (Fsp3) is 0.533. The number of nitrogens with two attached hydrogens (primary N) is 1. The molecule has 110 valence electrons. The van der Waals surface area contributed by atoms with Gasteiger partial charge >= 0.3 is 0 Å². The molecule has 0 spiro atoms. The molecule has 0 radical (unpaired) electrons. The predicted molar refractivity (Wildman–Crippen MR) is 78.2 cm³/mol. The van der Waals surface area contributed by atoms with Crippen molar-refractivity contribution in [3.8, 4) is 0 Å². The minimum absolute atomic E-state index is 0.00818. The molecule has 0 aromatic heterocycles. The van der Waals surface area contributed by atoms with Crippen molar-refractivity contribution in [3.05, 3.63) is 35.9 Å². The van der Waals surface area contributed by atoms with E-state index in [4.69, 9.17) is 10.5 Å². The minimum atomic E-state index is -0.567. The molecule has 1 aliphatic heterocycles. The lowest BCUT2D eigenvalue weighted by atomic mass is 10.2. The van der Waals surface area contributed by atoms with Gasteiger partial charge in [-0.05, 0) is 12.6 Å². The molecule has 1 fully saturated rings. The van der Waals surface area contributed by atoms with Crippen molar-refractivity contribution < 1.29 is 9.53 Å². The Hall–Kier alpha value is -1.43. The minimum Gasteiger partial charge on any atom is -0.375 e. The van der Waals surface area contributed by atoms with E-state index >= 15 is 0 Å². The van der Waals surface area contributed by atoms with Gasteiger partial charge in [0.25, 0.3) is 0 Å². The van der Waals surface area contributed by atoms with Crippen LogP contribution in [0, 0.1) is 0 Å². The van der Waals surface area contributed by atoms with E-state index in [0.29, 0.717) is 6.61 Å². The number of benzene rings is 1. The zero-order valence-electron chi connectivity index (χ0n) is 12.0. The van der Waals surface area contributed by atoms with Gasteiger partial charge in [-0.1, -0.05) is 30.3 Å². The van der Waals surface area contributed by atoms with E-state index < -0.39 is 6.04 Å². The molecule has 1 saturated heterocycles. The summed E-state index contributed by atoms with van der Waals surface area (Å²) in [4.78, 5) is 16.2. The van der Waals surface area contributed by atoms with Gasteiger partial charge in [0, 0.05) is 26.2 Å². The average Bonchev–Trinajstić information content (AvgIpc) is 2.48. The summed E-state index contributed by atoms with van der Waals surface area (Å²) in [5.74, 6) is -0.00818. The summed E-state index contributed by atoms with van der Waals surface area (Å²) < 4.78 is 5.53. The SMILES string of the molecule is CN1CCN(C(=O)[C@H](N)COCc2ccccc2)CC1. The van der Waals surface area contributed by atoms with Crippen LogP contribution in [0.2, 0.25) is 0 Å². The first-order valence-electron chi connectivity index (χ1n) is 7.01. The van der Waals surface area contributed by atoms with Crippen LogP contribution in [0.3, 0.4) is 0 Å². The van der Waals surface area contributed by atoms with E-state index in [-0.39, 0.29) is 12.5 Å². The second-order valence-electron chi connectivity index (χ2n) is 5.24. The number of ether oxygens (including phenoxy) is 1. The second-order valence-corrected chi connectivity index (χ2v) is 5.24. The number of carbonyl (C=O) groups excluding carboxylic acids is 1. The van der Waals surface area contributed by atoms with E-state index in [9.17, 15) is 4.79 Å². The standard InChI is InChI=1S/C15H23N3O2/c1-17-7-9-18(10-8-17)15(19)14(16)12-20-11-13-5-3-2-4-6-13/h2-6,14H,7-12,16H2,1H3/t14-/m1/s1. The predicted octanol–water partition coefficient (Wildman–Crippen LogP) is 0.305. The van der Waals surface area contributed by atoms with Crippen molar-refractivity contribution in [2.75, 3.05) is 39.8 Å². The third-order valence-corrected chi connectivity index (χ3v) is 3.54. The lowest BCUT2D eigenvalue weighted by Gasteiger charge is -2.33. The highest BCUT2D eigenvalue weighted by molar-refractivity contribution is 5.81. The number of hydrogen-bond donors (Lipinski definition) is 1. The number of carbonyl (C=O) groups is 1. The Morgan fingerprint density at radius 3 is 2.55 bits per heavy atom. The first-order valence-corrected chi connectivity index (χ1v) is 7.01. The van der Waals surface area contributed by atoms with Crippen molar-refractivity contribution in [1.82, 2.24) is 9.80 Å². The van der Waals surface area contributed by atoms with Gasteiger partial charge in [-0.2, -0.15) is 0 Å². The summed E-state index contributed by atoms with van der Waals surface area (Å²) >= 11 is 0. The molecule has 1 aromatic rings. The Balaban J connectivity index is 1.71. The van der Waals surface area contributed by atoms with Crippen LogP contribution < -0.4 is 5.73 Å². The number of likely N-dealkylation sites (N-methyl/N-ethyl adjacent to an activating group) is 1. The fourth-order valence-electron chi connectivity index (χ4n) is 2.21. The Labute approximate surface area is 120 Å². The largest absolute Gasteiger partial charge is 0.375 e. The van der Waals surface area contributed by atoms with Gasteiger partial charge < -0.3 is 20.3 Å². The van der Waals surface area contributed by atoms with Crippen LogP contribution in [0.5, 0.6) is 0 Å². The number of piperazine rings is 1. The zero-order valence-corrected chi connectivity index (χ0v) is 12.0. The van der Waals surface area contributed by atoms with E-state index in [0.717, 1.165) is 31.7 Å². The molecule has 2 N–H and O–H groups in total. The fourth-order valence-corrected chi connectivity index (χ4v) is 2.21. The molecule has 2 rings (SSSR count). The molecular weight excluding hydrogens is 254 g/mol. The van der Waals surface area contributed by atoms with Gasteiger partial charge in [-0.25, -0.2) is 0 Å². The van der Waals surface area contributed by atoms with Crippen LogP contribution in [0.25, 0.3) is 0 Å². The highest BCUT2D eigenvalue weighted by Crippen LogP contribution is 2.04. The van der Waals surface area contributed by atoms with E-state index in [1.165, 1.54) is 0 Å². The molecule has 0 unspecified atom stereocenters.